The number of ketones is 1. The van der Waals surface area contributed by atoms with Crippen molar-refractivity contribution >= 4 is 5.78 Å². The Morgan fingerprint density at radius 3 is 2.29 bits per heavy atom. The van der Waals surface area contributed by atoms with Crippen molar-refractivity contribution in [2.45, 2.75) is 46.1 Å². The molecule has 0 aliphatic rings. The van der Waals surface area contributed by atoms with Gasteiger partial charge in [-0.2, -0.15) is 0 Å². The number of carbonyl (C=O) groups excluding carboxylic acids is 1. The number of nitrogens with one attached hydrogen (secondary N) is 1. The summed E-state index contributed by atoms with van der Waals surface area (Å²) in [6.45, 7) is 6.83. The van der Waals surface area contributed by atoms with Crippen LogP contribution in [0.1, 0.15) is 38.3 Å². The minimum absolute atomic E-state index is 0.259. The fourth-order valence-electron chi connectivity index (χ4n) is 1.62. The second-order valence-electron chi connectivity index (χ2n) is 4.58. The van der Waals surface area contributed by atoms with Gasteiger partial charge in [0.2, 0.25) is 0 Å². The maximum Gasteiger partial charge on any atom is 0.150 e. The van der Waals surface area contributed by atoms with Crippen molar-refractivity contribution in [3.63, 3.8) is 0 Å². The number of hydrogen-bond donors (Lipinski definition) is 1. The smallest absolute Gasteiger partial charge is 0.150 e. The van der Waals surface area contributed by atoms with Crippen molar-refractivity contribution in [2.75, 3.05) is 6.54 Å². The van der Waals surface area contributed by atoms with E-state index in [2.05, 4.69) is 50.4 Å². The zero-order valence-corrected chi connectivity index (χ0v) is 11.1. The molecule has 0 heterocycles. The Hall–Kier alpha value is -1.15. The highest BCUT2D eigenvalue weighted by atomic mass is 16.1. The quantitative estimate of drug-likeness (QED) is 0.784. The first-order chi connectivity index (χ1) is 8.15. The Balaban J connectivity index is 2.39. The summed E-state index contributed by atoms with van der Waals surface area (Å²) >= 11 is 0. The molecule has 1 unspecified atom stereocenters. The average Bonchev–Trinajstić information content (AvgIpc) is 2.36. The minimum Gasteiger partial charge on any atom is -0.307 e. The Labute approximate surface area is 104 Å². The zero-order valence-electron chi connectivity index (χ0n) is 11.1. The highest BCUT2D eigenvalue weighted by Gasteiger charge is 2.05. The van der Waals surface area contributed by atoms with Crippen LogP contribution in [0.4, 0.5) is 0 Å². The van der Waals surface area contributed by atoms with Crippen molar-refractivity contribution in [3.8, 4) is 0 Å². The molecule has 0 spiro atoms. The summed E-state index contributed by atoms with van der Waals surface area (Å²) in [5.41, 5.74) is 2.43. The second kappa shape index (κ2) is 7.23. The topological polar surface area (TPSA) is 29.1 Å². The lowest BCUT2D eigenvalue weighted by atomic mass is 10.1. The van der Waals surface area contributed by atoms with E-state index < -0.39 is 0 Å². The molecule has 1 aromatic carbocycles. The van der Waals surface area contributed by atoms with Gasteiger partial charge in [-0.25, -0.2) is 0 Å². The lowest BCUT2D eigenvalue weighted by Crippen LogP contribution is -2.31. The van der Waals surface area contributed by atoms with Gasteiger partial charge in [-0.1, -0.05) is 38.1 Å². The standard InChI is InChI=1S/C15H23NO/c1-4-12(3)16-11-15(17)10-14-8-6-13(5-2)7-9-14/h6-9,12,16H,4-5,10-11H2,1-3H3. The van der Waals surface area contributed by atoms with Crippen molar-refractivity contribution in [1.82, 2.24) is 5.32 Å². The van der Waals surface area contributed by atoms with Gasteiger partial charge in [0.1, 0.15) is 0 Å². The molecule has 94 valence electrons. The molecule has 1 N–H and O–H groups in total. The van der Waals surface area contributed by atoms with Gasteiger partial charge < -0.3 is 5.32 Å². The van der Waals surface area contributed by atoms with E-state index in [4.69, 9.17) is 0 Å². The van der Waals surface area contributed by atoms with E-state index in [0.717, 1.165) is 18.4 Å². The summed E-state index contributed by atoms with van der Waals surface area (Å²) in [4.78, 5) is 11.7. The lowest BCUT2D eigenvalue weighted by Gasteiger charge is -2.10. The number of benzene rings is 1. The summed E-state index contributed by atoms with van der Waals surface area (Å²) < 4.78 is 0. The molecule has 0 aliphatic heterocycles. The van der Waals surface area contributed by atoms with Gasteiger partial charge in [0.05, 0.1) is 6.54 Å². The number of Topliss-reactive ketones (excluding diaryl/α,β-unsaturated/α-hetero) is 1. The molecular weight excluding hydrogens is 210 g/mol. The fraction of sp³-hybridized carbons (Fsp3) is 0.533. The van der Waals surface area contributed by atoms with Crippen LogP contribution in [0.25, 0.3) is 0 Å². The van der Waals surface area contributed by atoms with E-state index in [1.165, 1.54) is 5.56 Å². The van der Waals surface area contributed by atoms with Gasteiger partial charge in [-0.15, -0.1) is 0 Å². The van der Waals surface area contributed by atoms with Crippen LogP contribution >= 0.6 is 0 Å². The molecule has 0 bridgehead atoms. The summed E-state index contributed by atoms with van der Waals surface area (Å²) in [5, 5.41) is 3.23. The molecule has 1 aromatic rings. The Kier molecular flexibility index (Phi) is 5.92. The summed E-state index contributed by atoms with van der Waals surface area (Å²) in [6.07, 6.45) is 2.63. The summed E-state index contributed by atoms with van der Waals surface area (Å²) in [6, 6.07) is 8.73. The van der Waals surface area contributed by atoms with Gasteiger partial charge in [0.15, 0.2) is 5.78 Å². The average molecular weight is 233 g/mol. The van der Waals surface area contributed by atoms with Crippen molar-refractivity contribution in [3.05, 3.63) is 35.4 Å². The van der Waals surface area contributed by atoms with Crippen molar-refractivity contribution in [1.29, 1.82) is 0 Å². The molecule has 0 radical (unpaired) electrons. The second-order valence-corrected chi connectivity index (χ2v) is 4.58. The first-order valence-corrected chi connectivity index (χ1v) is 6.48. The molecule has 0 fully saturated rings. The number of carbonyl (C=O) groups is 1. The molecule has 2 heteroatoms. The maximum absolute atomic E-state index is 11.7. The normalized spacial score (nSPS) is 12.4. The van der Waals surface area contributed by atoms with Gasteiger partial charge in [0.25, 0.3) is 0 Å². The third-order valence-electron chi connectivity index (χ3n) is 3.09. The van der Waals surface area contributed by atoms with Gasteiger partial charge in [-0.05, 0) is 30.9 Å². The minimum atomic E-state index is 0.259. The highest BCUT2D eigenvalue weighted by Crippen LogP contribution is 2.06. The lowest BCUT2D eigenvalue weighted by molar-refractivity contribution is -0.117. The largest absolute Gasteiger partial charge is 0.307 e. The van der Waals surface area contributed by atoms with Crippen LogP contribution in [-0.2, 0) is 17.6 Å². The molecule has 1 rings (SSSR count). The van der Waals surface area contributed by atoms with Crippen LogP contribution in [-0.4, -0.2) is 18.4 Å². The Morgan fingerprint density at radius 2 is 1.76 bits per heavy atom. The summed E-state index contributed by atoms with van der Waals surface area (Å²) in [7, 11) is 0. The van der Waals surface area contributed by atoms with Gasteiger partial charge >= 0.3 is 0 Å². The van der Waals surface area contributed by atoms with E-state index in [1.807, 2.05) is 0 Å². The predicted molar refractivity (Wildman–Crippen MR) is 72.3 cm³/mol. The molecule has 1 atom stereocenters. The molecule has 17 heavy (non-hydrogen) atoms. The zero-order chi connectivity index (χ0) is 12.7. The van der Waals surface area contributed by atoms with Crippen LogP contribution in [0.3, 0.4) is 0 Å². The summed E-state index contributed by atoms with van der Waals surface area (Å²) in [5.74, 6) is 0.259. The van der Waals surface area contributed by atoms with Crippen LogP contribution in [0.5, 0.6) is 0 Å². The predicted octanol–water partition coefficient (Wildman–Crippen LogP) is 2.75. The SMILES string of the molecule is CCc1ccc(CC(=O)CNC(C)CC)cc1. The fourth-order valence-corrected chi connectivity index (χ4v) is 1.62. The first kappa shape index (κ1) is 13.9. The van der Waals surface area contributed by atoms with Crippen molar-refractivity contribution < 1.29 is 4.79 Å². The van der Waals surface area contributed by atoms with E-state index in [9.17, 15) is 4.79 Å². The molecule has 0 amide bonds. The van der Waals surface area contributed by atoms with Gasteiger partial charge in [0, 0.05) is 12.5 Å². The Bertz CT molecular complexity index is 342. The Morgan fingerprint density at radius 1 is 1.18 bits per heavy atom. The third kappa shape index (κ3) is 5.14. The molecule has 0 saturated heterocycles. The molecule has 0 saturated carbocycles. The van der Waals surface area contributed by atoms with E-state index in [1.54, 1.807) is 0 Å². The van der Waals surface area contributed by atoms with Crippen LogP contribution in [0.2, 0.25) is 0 Å². The molecule has 0 aliphatic carbocycles. The number of rotatable bonds is 7. The monoisotopic (exact) mass is 233 g/mol. The maximum atomic E-state index is 11.7. The van der Waals surface area contributed by atoms with Crippen LogP contribution in [0.15, 0.2) is 24.3 Å². The number of hydrogen-bond acceptors (Lipinski definition) is 2. The molecular formula is C15H23NO. The van der Waals surface area contributed by atoms with Gasteiger partial charge in [-0.3, -0.25) is 4.79 Å². The third-order valence-corrected chi connectivity index (χ3v) is 3.09. The molecule has 0 aromatic heterocycles. The van der Waals surface area contributed by atoms with E-state index >= 15 is 0 Å². The van der Waals surface area contributed by atoms with Crippen LogP contribution < -0.4 is 5.32 Å². The first-order valence-electron chi connectivity index (χ1n) is 6.48. The highest BCUT2D eigenvalue weighted by molar-refractivity contribution is 5.82. The van der Waals surface area contributed by atoms with Crippen LogP contribution in [0, 0.1) is 0 Å². The molecule has 2 nitrogen and oxygen atoms in total. The van der Waals surface area contributed by atoms with E-state index in [0.29, 0.717) is 19.0 Å². The van der Waals surface area contributed by atoms with E-state index in [-0.39, 0.29) is 5.78 Å². The van der Waals surface area contributed by atoms with Crippen molar-refractivity contribution in [2.24, 2.45) is 0 Å². The number of aryl methyl sites for hydroxylation is 1.